The van der Waals surface area contributed by atoms with Crippen LogP contribution in [0.15, 0.2) is 18.2 Å². The van der Waals surface area contributed by atoms with Crippen LogP contribution in [0.25, 0.3) is 0 Å². The van der Waals surface area contributed by atoms with E-state index in [4.69, 9.17) is 14.9 Å². The average molecular weight is 305 g/mol. The summed E-state index contributed by atoms with van der Waals surface area (Å²) in [5.41, 5.74) is 0.223. The highest BCUT2D eigenvalue weighted by molar-refractivity contribution is 5.98. The predicted octanol–water partition coefficient (Wildman–Crippen LogP) is 0.796. The number of rotatable bonds is 4. The lowest BCUT2D eigenvalue weighted by atomic mass is 10.1. The van der Waals surface area contributed by atoms with Crippen molar-refractivity contribution in [3.05, 3.63) is 29.3 Å². The molecule has 22 heavy (non-hydrogen) atoms. The number of benzene rings is 1. The minimum atomic E-state index is -1.14. The summed E-state index contributed by atoms with van der Waals surface area (Å²) in [7, 11) is 1.40. The fourth-order valence-electron chi connectivity index (χ4n) is 3.20. The Morgan fingerprint density at radius 2 is 1.68 bits per heavy atom. The lowest BCUT2D eigenvalue weighted by molar-refractivity contribution is -0.139. The van der Waals surface area contributed by atoms with E-state index in [1.165, 1.54) is 25.3 Å². The zero-order chi connectivity index (χ0) is 16.0. The zero-order valence-electron chi connectivity index (χ0n) is 11.9. The first kappa shape index (κ1) is 14.4. The van der Waals surface area contributed by atoms with Crippen molar-refractivity contribution in [3.63, 3.8) is 0 Å². The van der Waals surface area contributed by atoms with Gasteiger partial charge in [0.05, 0.1) is 18.6 Å². The molecule has 2 N–H and O–H groups in total. The van der Waals surface area contributed by atoms with Crippen LogP contribution in [0.5, 0.6) is 5.75 Å². The lowest BCUT2D eigenvalue weighted by Crippen LogP contribution is -2.32. The van der Waals surface area contributed by atoms with E-state index in [1.807, 2.05) is 0 Å². The van der Waals surface area contributed by atoms with E-state index in [0.717, 1.165) is 0 Å². The number of methoxy groups -OCH3 is 1. The highest BCUT2D eigenvalue weighted by Gasteiger charge is 2.60. The topological polar surface area (TPSA) is 104 Å². The average Bonchev–Trinajstić information content (AvgIpc) is 3.01. The van der Waals surface area contributed by atoms with E-state index < -0.39 is 11.9 Å². The fraction of sp³-hybridized carbons (Fsp3) is 0.400. The maximum atomic E-state index is 12.5. The van der Waals surface area contributed by atoms with Gasteiger partial charge in [-0.15, -0.1) is 0 Å². The van der Waals surface area contributed by atoms with Crippen LogP contribution in [0, 0.1) is 17.8 Å². The SMILES string of the molecule is COc1cc(C(=O)O)cc(C(=O)N2C[C@@H]3C(C(=O)O)[C@@H]3C2)c1. The number of carboxylic acids is 2. The largest absolute Gasteiger partial charge is 0.497 e. The van der Waals surface area contributed by atoms with Crippen LogP contribution in [0.3, 0.4) is 0 Å². The second-order valence-corrected chi connectivity index (χ2v) is 5.66. The van der Waals surface area contributed by atoms with Crippen molar-refractivity contribution in [3.8, 4) is 5.75 Å². The van der Waals surface area contributed by atoms with Crippen LogP contribution >= 0.6 is 0 Å². The van der Waals surface area contributed by atoms with Crippen molar-refractivity contribution < 1.29 is 29.3 Å². The molecule has 1 unspecified atom stereocenters. The first-order chi connectivity index (χ1) is 10.4. The van der Waals surface area contributed by atoms with Gasteiger partial charge in [-0.05, 0) is 30.0 Å². The Morgan fingerprint density at radius 1 is 1.09 bits per heavy atom. The third-order valence-corrected chi connectivity index (χ3v) is 4.40. The molecule has 116 valence electrons. The number of piperidine rings is 1. The van der Waals surface area contributed by atoms with Crippen LogP contribution < -0.4 is 4.74 Å². The predicted molar refractivity (Wildman–Crippen MR) is 74.0 cm³/mol. The minimum Gasteiger partial charge on any atom is -0.497 e. The number of fused-ring (bicyclic) bond motifs is 1. The number of carbonyl (C=O) groups excluding carboxylic acids is 1. The number of carbonyl (C=O) groups is 3. The van der Waals surface area contributed by atoms with Crippen molar-refractivity contribution in [2.24, 2.45) is 17.8 Å². The van der Waals surface area contributed by atoms with E-state index in [0.29, 0.717) is 18.8 Å². The molecule has 2 fully saturated rings. The van der Waals surface area contributed by atoms with Crippen LogP contribution in [0.4, 0.5) is 0 Å². The Balaban J connectivity index is 1.78. The van der Waals surface area contributed by atoms with Gasteiger partial charge in [0.2, 0.25) is 0 Å². The van der Waals surface area contributed by atoms with Crippen molar-refractivity contribution >= 4 is 17.8 Å². The number of carboxylic acid groups (broad SMARTS) is 2. The van der Waals surface area contributed by atoms with Gasteiger partial charge in [-0.1, -0.05) is 0 Å². The fourth-order valence-corrected chi connectivity index (χ4v) is 3.20. The van der Waals surface area contributed by atoms with Crippen LogP contribution in [0.1, 0.15) is 20.7 Å². The molecule has 3 rings (SSSR count). The number of hydrogen-bond donors (Lipinski definition) is 2. The van der Waals surface area contributed by atoms with Gasteiger partial charge in [-0.3, -0.25) is 9.59 Å². The summed E-state index contributed by atoms with van der Waals surface area (Å²) in [6, 6.07) is 4.15. The molecule has 1 aromatic rings. The van der Waals surface area contributed by atoms with Gasteiger partial charge in [0.1, 0.15) is 5.75 Å². The summed E-state index contributed by atoms with van der Waals surface area (Å²) in [5.74, 6) is -2.24. The van der Waals surface area contributed by atoms with Crippen LogP contribution in [-0.4, -0.2) is 53.2 Å². The number of hydrogen-bond acceptors (Lipinski definition) is 4. The minimum absolute atomic E-state index is 0.0181. The monoisotopic (exact) mass is 305 g/mol. The first-order valence-electron chi connectivity index (χ1n) is 6.87. The molecule has 1 amide bonds. The number of likely N-dealkylation sites (tertiary alicyclic amines) is 1. The molecule has 1 saturated carbocycles. The summed E-state index contributed by atoms with van der Waals surface area (Å²) in [5, 5.41) is 18.1. The van der Waals surface area contributed by atoms with Gasteiger partial charge in [0.15, 0.2) is 0 Å². The normalized spacial score (nSPS) is 25.5. The molecule has 7 heteroatoms. The number of amides is 1. The van der Waals surface area contributed by atoms with Crippen molar-refractivity contribution in [1.29, 1.82) is 0 Å². The Morgan fingerprint density at radius 3 is 2.18 bits per heavy atom. The van der Waals surface area contributed by atoms with Crippen LogP contribution in [-0.2, 0) is 4.79 Å². The van der Waals surface area contributed by atoms with E-state index in [2.05, 4.69) is 0 Å². The van der Waals surface area contributed by atoms with Gasteiger partial charge in [-0.25, -0.2) is 4.79 Å². The molecule has 1 aliphatic heterocycles. The zero-order valence-corrected chi connectivity index (χ0v) is 11.9. The highest BCUT2D eigenvalue weighted by Crippen LogP contribution is 2.52. The summed E-state index contributed by atoms with van der Waals surface area (Å²) in [6.07, 6.45) is 0. The molecule has 3 atom stereocenters. The smallest absolute Gasteiger partial charge is 0.335 e. The van der Waals surface area contributed by atoms with E-state index in [9.17, 15) is 14.4 Å². The van der Waals surface area contributed by atoms with Crippen molar-refractivity contribution in [1.82, 2.24) is 4.90 Å². The van der Waals surface area contributed by atoms with Crippen molar-refractivity contribution in [2.45, 2.75) is 0 Å². The first-order valence-corrected chi connectivity index (χ1v) is 6.87. The number of aromatic carboxylic acids is 1. The Hall–Kier alpha value is -2.57. The second-order valence-electron chi connectivity index (χ2n) is 5.66. The summed E-state index contributed by atoms with van der Waals surface area (Å²) >= 11 is 0. The Labute approximate surface area is 126 Å². The van der Waals surface area contributed by atoms with Gasteiger partial charge >= 0.3 is 11.9 Å². The van der Waals surface area contributed by atoms with Gasteiger partial charge in [-0.2, -0.15) is 0 Å². The molecule has 0 aromatic heterocycles. The van der Waals surface area contributed by atoms with Gasteiger partial charge < -0.3 is 19.8 Å². The highest BCUT2D eigenvalue weighted by atomic mass is 16.5. The van der Waals surface area contributed by atoms with Gasteiger partial charge in [0, 0.05) is 18.7 Å². The Bertz CT molecular complexity index is 658. The van der Waals surface area contributed by atoms with Crippen LogP contribution in [0.2, 0.25) is 0 Å². The summed E-state index contributed by atoms with van der Waals surface area (Å²) in [6.45, 7) is 0.806. The molecule has 0 spiro atoms. The standard InChI is InChI=1S/C15H15NO6/c1-22-9-3-7(2-8(4-9)14(18)19)13(17)16-5-10-11(6-16)12(10)15(20)21/h2-4,10-12H,5-6H2,1H3,(H,18,19)(H,20,21)/t10-,11+,12?. The number of nitrogens with zero attached hydrogens (tertiary/aromatic N) is 1. The molecule has 1 aromatic carbocycles. The maximum absolute atomic E-state index is 12.5. The van der Waals surface area contributed by atoms with E-state index in [1.54, 1.807) is 4.90 Å². The lowest BCUT2D eigenvalue weighted by Gasteiger charge is -2.19. The quantitative estimate of drug-likeness (QED) is 0.852. The van der Waals surface area contributed by atoms with Crippen molar-refractivity contribution in [2.75, 3.05) is 20.2 Å². The molecule has 0 radical (unpaired) electrons. The van der Waals surface area contributed by atoms with E-state index in [-0.39, 0.29) is 34.8 Å². The molecule has 0 bridgehead atoms. The third kappa shape index (κ3) is 2.28. The second kappa shape index (κ2) is 5.01. The molecule has 7 nitrogen and oxygen atoms in total. The molecule has 1 aliphatic carbocycles. The summed E-state index contributed by atoms with van der Waals surface area (Å²) < 4.78 is 5.03. The molecule has 1 heterocycles. The van der Waals surface area contributed by atoms with E-state index >= 15 is 0 Å². The molecule has 2 aliphatic rings. The number of ether oxygens (including phenoxy) is 1. The molecular formula is C15H15NO6. The molecule has 1 saturated heterocycles. The number of aliphatic carboxylic acids is 1. The Kier molecular flexibility index (Phi) is 3.27. The molecular weight excluding hydrogens is 290 g/mol. The van der Waals surface area contributed by atoms with Gasteiger partial charge in [0.25, 0.3) is 5.91 Å². The summed E-state index contributed by atoms with van der Waals surface area (Å²) in [4.78, 5) is 36.1. The third-order valence-electron chi connectivity index (χ3n) is 4.40. The maximum Gasteiger partial charge on any atom is 0.335 e.